The van der Waals surface area contributed by atoms with Gasteiger partial charge < -0.3 is 9.64 Å². The van der Waals surface area contributed by atoms with Gasteiger partial charge in [0.15, 0.2) is 0 Å². The SMILES string of the molecule is COCCN(Cc1ccccc1)C(=O)c1ccc(F)c(S(=O)(=O)N2CCCCC2)c1. The smallest absolute Gasteiger partial charge is 0.254 e. The molecule has 2 aromatic carbocycles. The van der Waals surface area contributed by atoms with Crippen LogP contribution in [0.4, 0.5) is 4.39 Å². The molecule has 6 nitrogen and oxygen atoms in total. The normalized spacial score (nSPS) is 15.1. The van der Waals surface area contributed by atoms with Crippen molar-refractivity contribution in [2.45, 2.75) is 30.7 Å². The van der Waals surface area contributed by atoms with Gasteiger partial charge in [0, 0.05) is 38.9 Å². The Balaban J connectivity index is 1.89. The molecule has 2 aromatic rings. The number of halogens is 1. The first-order chi connectivity index (χ1) is 14.4. The van der Waals surface area contributed by atoms with Gasteiger partial charge in [-0.2, -0.15) is 4.31 Å². The van der Waals surface area contributed by atoms with Gasteiger partial charge in [0.1, 0.15) is 10.7 Å². The number of nitrogens with zero attached hydrogens (tertiary/aromatic N) is 2. The Morgan fingerprint density at radius 3 is 2.47 bits per heavy atom. The van der Waals surface area contributed by atoms with Gasteiger partial charge in [-0.25, -0.2) is 12.8 Å². The Morgan fingerprint density at radius 2 is 1.80 bits per heavy atom. The van der Waals surface area contributed by atoms with Crippen LogP contribution in [-0.2, 0) is 21.3 Å². The highest BCUT2D eigenvalue weighted by Gasteiger charge is 2.30. The third kappa shape index (κ3) is 5.24. The molecule has 0 aromatic heterocycles. The molecular formula is C22H27FN2O4S. The molecule has 162 valence electrons. The number of ether oxygens (including phenoxy) is 1. The number of piperidine rings is 1. The molecule has 1 aliphatic rings. The fourth-order valence-corrected chi connectivity index (χ4v) is 5.13. The summed E-state index contributed by atoms with van der Waals surface area (Å²) in [5, 5.41) is 0. The highest BCUT2D eigenvalue weighted by molar-refractivity contribution is 7.89. The van der Waals surface area contributed by atoms with Crippen molar-refractivity contribution in [2.24, 2.45) is 0 Å². The number of rotatable bonds is 8. The van der Waals surface area contributed by atoms with Crippen LogP contribution in [0.15, 0.2) is 53.4 Å². The van der Waals surface area contributed by atoms with Crippen LogP contribution in [0.1, 0.15) is 35.2 Å². The van der Waals surface area contributed by atoms with Crippen molar-refractivity contribution in [2.75, 3.05) is 33.4 Å². The summed E-state index contributed by atoms with van der Waals surface area (Å²) >= 11 is 0. The number of sulfonamides is 1. The maximum atomic E-state index is 14.5. The third-order valence-corrected chi connectivity index (χ3v) is 7.09. The lowest BCUT2D eigenvalue weighted by molar-refractivity contribution is 0.0680. The van der Waals surface area contributed by atoms with Crippen LogP contribution >= 0.6 is 0 Å². The van der Waals surface area contributed by atoms with Gasteiger partial charge in [0.05, 0.1) is 6.61 Å². The first-order valence-electron chi connectivity index (χ1n) is 10.1. The second kappa shape index (κ2) is 10.1. The van der Waals surface area contributed by atoms with Crippen molar-refractivity contribution >= 4 is 15.9 Å². The maximum absolute atomic E-state index is 14.5. The van der Waals surface area contributed by atoms with E-state index >= 15 is 0 Å². The lowest BCUT2D eigenvalue weighted by Crippen LogP contribution is -2.36. The van der Waals surface area contributed by atoms with Crippen molar-refractivity contribution in [3.63, 3.8) is 0 Å². The van der Waals surface area contributed by atoms with E-state index in [2.05, 4.69) is 0 Å². The number of methoxy groups -OCH3 is 1. The van der Waals surface area contributed by atoms with E-state index in [-0.39, 0.29) is 11.5 Å². The minimum atomic E-state index is -3.99. The Hall–Kier alpha value is -2.29. The molecule has 0 unspecified atom stereocenters. The third-order valence-electron chi connectivity index (χ3n) is 5.18. The molecule has 1 amide bonds. The molecule has 1 fully saturated rings. The van der Waals surface area contributed by atoms with Crippen molar-refractivity contribution in [1.82, 2.24) is 9.21 Å². The van der Waals surface area contributed by atoms with Crippen molar-refractivity contribution in [1.29, 1.82) is 0 Å². The molecular weight excluding hydrogens is 407 g/mol. The number of hydrogen-bond donors (Lipinski definition) is 0. The van der Waals surface area contributed by atoms with Gasteiger partial charge >= 0.3 is 0 Å². The van der Waals surface area contributed by atoms with Gasteiger partial charge in [-0.15, -0.1) is 0 Å². The van der Waals surface area contributed by atoms with Crippen LogP contribution in [0.25, 0.3) is 0 Å². The van der Waals surface area contributed by atoms with E-state index < -0.39 is 20.7 Å². The topological polar surface area (TPSA) is 66.9 Å². The summed E-state index contributed by atoms with van der Waals surface area (Å²) < 4.78 is 46.8. The Labute approximate surface area is 177 Å². The first kappa shape index (κ1) is 22.4. The second-order valence-electron chi connectivity index (χ2n) is 7.32. The van der Waals surface area contributed by atoms with E-state index in [1.807, 2.05) is 30.3 Å². The molecule has 0 N–H and O–H groups in total. The molecule has 30 heavy (non-hydrogen) atoms. The van der Waals surface area contributed by atoms with Crippen LogP contribution in [-0.4, -0.2) is 56.9 Å². The van der Waals surface area contributed by atoms with E-state index in [1.165, 1.54) is 10.4 Å². The number of amides is 1. The van der Waals surface area contributed by atoms with Crippen LogP contribution < -0.4 is 0 Å². The van der Waals surface area contributed by atoms with Crippen LogP contribution in [0.5, 0.6) is 0 Å². The highest BCUT2D eigenvalue weighted by Crippen LogP contribution is 2.24. The number of carbonyl (C=O) groups is 1. The zero-order valence-corrected chi connectivity index (χ0v) is 17.9. The summed E-state index contributed by atoms with van der Waals surface area (Å²) in [6, 6.07) is 13.0. The monoisotopic (exact) mass is 434 g/mol. The van der Waals surface area contributed by atoms with Gasteiger partial charge in [-0.3, -0.25) is 4.79 Å². The van der Waals surface area contributed by atoms with Crippen molar-refractivity contribution in [3.8, 4) is 0 Å². The first-order valence-corrected chi connectivity index (χ1v) is 11.5. The standard InChI is InChI=1S/C22H27FN2O4S/c1-29-15-14-24(17-18-8-4-2-5-9-18)22(26)19-10-11-20(23)21(16-19)30(27,28)25-12-6-3-7-13-25/h2,4-5,8-11,16H,3,6-7,12-15,17H2,1H3. The minimum absolute atomic E-state index is 0.138. The average molecular weight is 435 g/mol. The molecule has 1 saturated heterocycles. The molecule has 0 saturated carbocycles. The summed E-state index contributed by atoms with van der Waals surface area (Å²) in [5.74, 6) is -1.21. The average Bonchev–Trinajstić information content (AvgIpc) is 2.77. The zero-order valence-electron chi connectivity index (χ0n) is 17.1. The Bertz CT molecular complexity index is 960. The fourth-order valence-electron chi connectivity index (χ4n) is 3.52. The maximum Gasteiger partial charge on any atom is 0.254 e. The fraction of sp³-hybridized carbons (Fsp3) is 0.409. The number of benzene rings is 2. The molecule has 1 heterocycles. The van der Waals surface area contributed by atoms with E-state index in [1.54, 1.807) is 12.0 Å². The molecule has 0 aliphatic carbocycles. The predicted molar refractivity (Wildman–Crippen MR) is 112 cm³/mol. The van der Waals surface area contributed by atoms with Gasteiger partial charge in [-0.1, -0.05) is 36.8 Å². The predicted octanol–water partition coefficient (Wildman–Crippen LogP) is 3.29. The zero-order chi connectivity index (χ0) is 21.6. The van der Waals surface area contributed by atoms with Crippen LogP contribution in [0, 0.1) is 5.82 Å². The summed E-state index contributed by atoms with van der Waals surface area (Å²) in [6.45, 7) is 1.74. The Kier molecular flexibility index (Phi) is 7.58. The summed E-state index contributed by atoms with van der Waals surface area (Å²) in [6.07, 6.45) is 2.46. The molecule has 0 atom stereocenters. The molecule has 0 spiro atoms. The highest BCUT2D eigenvalue weighted by atomic mass is 32.2. The van der Waals surface area contributed by atoms with E-state index in [0.29, 0.717) is 32.8 Å². The minimum Gasteiger partial charge on any atom is -0.383 e. The number of carbonyl (C=O) groups excluding carboxylic acids is 1. The quantitative estimate of drug-likeness (QED) is 0.640. The van der Waals surface area contributed by atoms with Gasteiger partial charge in [0.2, 0.25) is 10.0 Å². The van der Waals surface area contributed by atoms with Gasteiger partial charge in [-0.05, 0) is 36.6 Å². The summed E-state index contributed by atoms with van der Waals surface area (Å²) in [7, 11) is -2.44. The molecule has 8 heteroatoms. The van der Waals surface area contributed by atoms with E-state index in [9.17, 15) is 17.6 Å². The lowest BCUT2D eigenvalue weighted by Gasteiger charge is -2.26. The summed E-state index contributed by atoms with van der Waals surface area (Å²) in [5.41, 5.74) is 1.07. The van der Waals surface area contributed by atoms with Crippen molar-refractivity contribution in [3.05, 3.63) is 65.5 Å². The molecule has 0 bridgehead atoms. The van der Waals surface area contributed by atoms with E-state index in [0.717, 1.165) is 37.0 Å². The lowest BCUT2D eigenvalue weighted by atomic mass is 10.1. The van der Waals surface area contributed by atoms with Crippen LogP contribution in [0.2, 0.25) is 0 Å². The molecule has 3 rings (SSSR count). The van der Waals surface area contributed by atoms with Gasteiger partial charge in [0.25, 0.3) is 5.91 Å². The largest absolute Gasteiger partial charge is 0.383 e. The molecule has 0 radical (unpaired) electrons. The van der Waals surface area contributed by atoms with Crippen molar-refractivity contribution < 1.29 is 22.3 Å². The Morgan fingerprint density at radius 1 is 1.10 bits per heavy atom. The second-order valence-corrected chi connectivity index (χ2v) is 9.22. The summed E-state index contributed by atoms with van der Waals surface area (Å²) in [4.78, 5) is 14.3. The molecule has 1 aliphatic heterocycles. The van der Waals surface area contributed by atoms with E-state index in [4.69, 9.17) is 4.74 Å². The number of hydrogen-bond acceptors (Lipinski definition) is 4. The van der Waals surface area contributed by atoms with Crippen LogP contribution in [0.3, 0.4) is 0 Å².